The molecule has 41 heavy (non-hydrogen) atoms. The van der Waals surface area contributed by atoms with Gasteiger partial charge in [0.2, 0.25) is 0 Å². The van der Waals surface area contributed by atoms with Crippen molar-refractivity contribution in [3.63, 3.8) is 0 Å². The molecule has 2 N–H and O–H groups in total. The predicted octanol–water partition coefficient (Wildman–Crippen LogP) is 4.92. The summed E-state index contributed by atoms with van der Waals surface area (Å²) >= 11 is 1.07. The van der Waals surface area contributed by atoms with E-state index in [0.29, 0.717) is 18.7 Å². The lowest BCUT2D eigenvalue weighted by Gasteiger charge is -2.38. The van der Waals surface area contributed by atoms with Gasteiger partial charge in [0.05, 0.1) is 23.8 Å². The van der Waals surface area contributed by atoms with E-state index in [1.807, 2.05) is 18.9 Å². The average Bonchev–Trinajstić information content (AvgIpc) is 3.47. The molecule has 3 aromatic rings. The lowest BCUT2D eigenvalue weighted by atomic mass is 9.99. The first-order valence-corrected chi connectivity index (χ1v) is 15.3. The van der Waals surface area contributed by atoms with Crippen LogP contribution in [0, 0.1) is 5.92 Å². The van der Waals surface area contributed by atoms with Gasteiger partial charge in [0.1, 0.15) is 16.1 Å². The van der Waals surface area contributed by atoms with Crippen molar-refractivity contribution in [1.29, 1.82) is 0 Å². The van der Waals surface area contributed by atoms with E-state index in [2.05, 4.69) is 4.72 Å². The minimum absolute atomic E-state index is 0.132. The number of hydrogen-bond donors (Lipinski definition) is 2. The molecule has 1 aliphatic rings. The number of benzene rings is 2. The second-order valence-corrected chi connectivity index (χ2v) is 13.1. The molecule has 3 atom stereocenters. The van der Waals surface area contributed by atoms with Crippen LogP contribution in [0.15, 0.2) is 64.2 Å². The van der Waals surface area contributed by atoms with Crippen molar-refractivity contribution < 1.29 is 36.2 Å². The molecule has 0 spiro atoms. The topological polar surface area (TPSA) is 99.2 Å². The number of fused-ring (bicyclic) bond motifs is 1. The molecule has 13 heteroatoms. The lowest BCUT2D eigenvalue weighted by Crippen LogP contribution is -2.49. The number of hydrogen-bond acceptors (Lipinski definition) is 7. The molecule has 1 aliphatic heterocycles. The highest BCUT2D eigenvalue weighted by Gasteiger charge is 2.34. The van der Waals surface area contributed by atoms with Gasteiger partial charge in [-0.25, -0.2) is 8.42 Å². The maximum atomic E-state index is 13.6. The zero-order valence-corrected chi connectivity index (χ0v) is 24.4. The normalized spacial score (nSPS) is 18.8. The Morgan fingerprint density at radius 3 is 2.51 bits per heavy atom. The van der Waals surface area contributed by atoms with Crippen LogP contribution in [0.25, 0.3) is 0 Å². The summed E-state index contributed by atoms with van der Waals surface area (Å²) in [6.07, 6.45) is -4.83. The number of nitrogens with zero attached hydrogens (tertiary/aromatic N) is 2. The summed E-state index contributed by atoms with van der Waals surface area (Å²) in [4.78, 5) is 17.1. The Labute approximate surface area is 241 Å². The Bertz CT molecular complexity index is 1450. The summed E-state index contributed by atoms with van der Waals surface area (Å²) in [5.41, 5.74) is 0.333. The van der Waals surface area contributed by atoms with Crippen molar-refractivity contribution >= 4 is 33.0 Å². The fourth-order valence-electron chi connectivity index (χ4n) is 4.61. The van der Waals surface area contributed by atoms with Gasteiger partial charge in [-0.05, 0) is 61.3 Å². The second kappa shape index (κ2) is 12.4. The number of carbonyl (C=O) groups is 1. The molecule has 0 radical (unpaired) electrons. The molecule has 222 valence electrons. The van der Waals surface area contributed by atoms with Gasteiger partial charge in [-0.3, -0.25) is 14.4 Å². The summed E-state index contributed by atoms with van der Waals surface area (Å²) in [5.74, 6) is -0.306. The van der Waals surface area contributed by atoms with Gasteiger partial charge in [0, 0.05) is 31.2 Å². The zero-order chi connectivity index (χ0) is 29.9. The number of aliphatic hydroxyl groups is 1. The molecule has 0 aliphatic carbocycles. The highest BCUT2D eigenvalue weighted by molar-refractivity contribution is 7.94. The van der Waals surface area contributed by atoms with Gasteiger partial charge < -0.3 is 14.7 Å². The Hall–Kier alpha value is -3.13. The number of sulfonamides is 1. The average molecular weight is 612 g/mol. The van der Waals surface area contributed by atoms with Crippen molar-refractivity contribution in [3.05, 3.63) is 76.7 Å². The highest BCUT2D eigenvalue weighted by atomic mass is 32.2. The Morgan fingerprint density at radius 1 is 1.20 bits per heavy atom. The fraction of sp³-hybridized carbons (Fsp3) is 0.393. The van der Waals surface area contributed by atoms with Crippen LogP contribution in [0.1, 0.15) is 35.3 Å². The van der Waals surface area contributed by atoms with Gasteiger partial charge in [-0.1, -0.05) is 25.1 Å². The van der Waals surface area contributed by atoms with Crippen LogP contribution < -0.4 is 9.46 Å². The molecule has 0 saturated carbocycles. The number of ether oxygens (including phenoxy) is 1. The van der Waals surface area contributed by atoms with E-state index < -0.39 is 39.8 Å². The number of thiophene rings is 1. The summed E-state index contributed by atoms with van der Waals surface area (Å²) in [6, 6.07) is 12.1. The van der Waals surface area contributed by atoms with Gasteiger partial charge in [0.25, 0.3) is 15.9 Å². The summed E-state index contributed by atoms with van der Waals surface area (Å²) in [7, 11) is -2.02. The fourth-order valence-corrected chi connectivity index (χ4v) is 6.65. The van der Waals surface area contributed by atoms with Crippen LogP contribution in [-0.2, 0) is 22.7 Å². The third-order valence-corrected chi connectivity index (χ3v) is 9.68. The van der Waals surface area contributed by atoms with Crippen LogP contribution in [0.4, 0.5) is 18.9 Å². The van der Waals surface area contributed by atoms with E-state index in [1.54, 1.807) is 29.3 Å². The number of amides is 1. The summed E-state index contributed by atoms with van der Waals surface area (Å²) in [6.45, 7) is 4.42. The Morgan fingerprint density at radius 2 is 1.90 bits per heavy atom. The summed E-state index contributed by atoms with van der Waals surface area (Å²) < 4.78 is 73.3. The summed E-state index contributed by atoms with van der Waals surface area (Å²) in [5, 5.41) is 11.5. The van der Waals surface area contributed by atoms with E-state index in [-0.39, 0.29) is 40.3 Å². The molecule has 2 heterocycles. The van der Waals surface area contributed by atoms with Crippen LogP contribution in [0.5, 0.6) is 5.75 Å². The smallest absolute Gasteiger partial charge is 0.416 e. The minimum atomic E-state index is -4.40. The van der Waals surface area contributed by atoms with Gasteiger partial charge in [0.15, 0.2) is 0 Å². The monoisotopic (exact) mass is 611 g/mol. The van der Waals surface area contributed by atoms with Crippen LogP contribution in [0.3, 0.4) is 0 Å². The minimum Gasteiger partial charge on any atom is -0.488 e. The van der Waals surface area contributed by atoms with E-state index in [4.69, 9.17) is 4.74 Å². The number of carbonyl (C=O) groups excluding carboxylic acids is 1. The number of aliphatic hydroxyl groups excluding tert-OH is 1. The number of alkyl halides is 3. The predicted molar refractivity (Wildman–Crippen MR) is 151 cm³/mol. The van der Waals surface area contributed by atoms with E-state index >= 15 is 0 Å². The van der Waals surface area contributed by atoms with Crippen molar-refractivity contribution in [3.8, 4) is 5.75 Å². The van der Waals surface area contributed by atoms with Crippen molar-refractivity contribution in [2.75, 3.05) is 31.5 Å². The Kier molecular flexibility index (Phi) is 9.32. The molecule has 0 unspecified atom stereocenters. The maximum absolute atomic E-state index is 13.6. The van der Waals surface area contributed by atoms with Gasteiger partial charge >= 0.3 is 6.18 Å². The van der Waals surface area contributed by atoms with E-state index in [0.717, 1.165) is 23.5 Å². The lowest BCUT2D eigenvalue weighted by molar-refractivity contribution is -0.137. The molecular formula is C28H32F3N3O5S2. The molecular weight excluding hydrogens is 579 g/mol. The van der Waals surface area contributed by atoms with Crippen LogP contribution in [-0.4, -0.2) is 68.1 Å². The van der Waals surface area contributed by atoms with E-state index in [1.165, 1.54) is 30.3 Å². The first kappa shape index (κ1) is 30.8. The first-order chi connectivity index (χ1) is 19.3. The molecule has 2 aromatic carbocycles. The SMILES string of the molecule is C[C@@H]1CN([C@H](C)CO)C(=O)c2cc(NS(=O)(=O)c3cccs3)ccc2O[C@H]1CN(C)Cc1ccc(C(F)(F)F)cc1. The van der Waals surface area contributed by atoms with Gasteiger partial charge in [-0.2, -0.15) is 13.2 Å². The van der Waals surface area contributed by atoms with Crippen LogP contribution in [0.2, 0.25) is 0 Å². The number of nitrogens with one attached hydrogen (secondary N) is 1. The second-order valence-electron chi connectivity index (χ2n) is 10.3. The van der Waals surface area contributed by atoms with Crippen molar-refractivity contribution in [2.45, 2.75) is 42.9 Å². The number of halogens is 3. The van der Waals surface area contributed by atoms with Crippen molar-refractivity contribution in [1.82, 2.24) is 9.80 Å². The van der Waals surface area contributed by atoms with Crippen molar-refractivity contribution in [2.24, 2.45) is 5.92 Å². The third kappa shape index (κ3) is 7.39. The van der Waals surface area contributed by atoms with Crippen LogP contribution >= 0.6 is 11.3 Å². The first-order valence-electron chi connectivity index (χ1n) is 12.9. The molecule has 1 aromatic heterocycles. The Balaban J connectivity index is 1.58. The number of anilines is 1. The quantitative estimate of drug-likeness (QED) is 0.357. The number of rotatable bonds is 9. The largest absolute Gasteiger partial charge is 0.488 e. The third-order valence-electron chi connectivity index (χ3n) is 6.90. The molecule has 8 nitrogen and oxygen atoms in total. The molecule has 1 amide bonds. The highest BCUT2D eigenvalue weighted by Crippen LogP contribution is 2.32. The molecule has 0 fully saturated rings. The number of likely N-dealkylation sites (N-methyl/N-ethyl adjacent to an activating group) is 1. The molecule has 0 bridgehead atoms. The van der Waals surface area contributed by atoms with E-state index in [9.17, 15) is 31.5 Å². The molecule has 4 rings (SSSR count). The zero-order valence-electron chi connectivity index (χ0n) is 22.8. The van der Waals surface area contributed by atoms with Gasteiger partial charge in [-0.15, -0.1) is 11.3 Å². The molecule has 0 saturated heterocycles. The standard InChI is InChI=1S/C28H32F3N3O5S2/c1-18-14-34(19(2)17-35)27(36)23-13-22(32-41(37,38)26-5-4-12-40-26)10-11-24(23)39-25(18)16-33(3)15-20-6-8-21(9-7-20)28(29,30)31/h4-13,18-19,25,32,35H,14-17H2,1-3H3/t18-,19-,25+/m1/s1. The maximum Gasteiger partial charge on any atom is 0.416 e.